The summed E-state index contributed by atoms with van der Waals surface area (Å²) in [5.41, 5.74) is 0.270. The van der Waals surface area contributed by atoms with E-state index in [-0.39, 0.29) is 5.71 Å². The van der Waals surface area contributed by atoms with Crippen LogP contribution in [0.25, 0.3) is 0 Å². The Balaban J connectivity index is 2.26. The molecule has 2 rings (SSSR count). The molecule has 0 spiro atoms. The Kier molecular flexibility index (Phi) is 4.29. The van der Waals surface area contributed by atoms with Crippen LogP contribution in [0.5, 0.6) is 0 Å². The van der Waals surface area contributed by atoms with Gasteiger partial charge in [0.25, 0.3) is 0 Å². The molecule has 0 fully saturated rings. The highest BCUT2D eigenvalue weighted by Crippen LogP contribution is 2.29. The zero-order chi connectivity index (χ0) is 15.3. The van der Waals surface area contributed by atoms with Gasteiger partial charge in [0.15, 0.2) is 5.71 Å². The molecule has 5 heteroatoms. The highest BCUT2D eigenvalue weighted by Gasteiger charge is 2.30. The maximum atomic E-state index is 12.5. The number of rotatable bonds is 1. The van der Waals surface area contributed by atoms with Crippen LogP contribution in [0.2, 0.25) is 0 Å². The van der Waals surface area contributed by atoms with Crippen molar-refractivity contribution in [3.05, 3.63) is 71.3 Å². The van der Waals surface area contributed by atoms with E-state index >= 15 is 0 Å². The molecule has 0 radical (unpaired) electrons. The van der Waals surface area contributed by atoms with Crippen LogP contribution >= 0.6 is 0 Å². The third-order valence-electron chi connectivity index (χ3n) is 2.68. The zero-order valence-corrected chi connectivity index (χ0v) is 10.7. The Hall–Kier alpha value is -2.74. The minimum Gasteiger partial charge on any atom is -0.410 e. The van der Waals surface area contributed by atoms with Crippen molar-refractivity contribution >= 4 is 5.71 Å². The van der Waals surface area contributed by atoms with E-state index in [0.29, 0.717) is 11.1 Å². The van der Waals surface area contributed by atoms with Gasteiger partial charge in [-0.25, -0.2) is 0 Å². The maximum absolute atomic E-state index is 12.5. The second-order valence-electron chi connectivity index (χ2n) is 4.14. The van der Waals surface area contributed by atoms with E-state index in [0.717, 1.165) is 12.1 Å². The molecule has 0 heterocycles. The minimum atomic E-state index is -4.40. The fraction of sp³-hybridized carbons (Fsp3) is 0.0625. The lowest BCUT2D eigenvalue weighted by atomic mass is 10.1. The van der Waals surface area contributed by atoms with Crippen LogP contribution in [-0.4, -0.2) is 10.9 Å². The normalized spacial score (nSPS) is 11.7. The fourth-order valence-corrected chi connectivity index (χ4v) is 1.62. The highest BCUT2D eigenvalue weighted by atomic mass is 19.4. The van der Waals surface area contributed by atoms with Crippen molar-refractivity contribution in [3.63, 3.8) is 0 Å². The van der Waals surface area contributed by atoms with Crippen molar-refractivity contribution in [1.29, 1.82) is 0 Å². The van der Waals surface area contributed by atoms with E-state index < -0.39 is 11.7 Å². The van der Waals surface area contributed by atoms with E-state index in [1.54, 1.807) is 24.3 Å². The van der Waals surface area contributed by atoms with Crippen LogP contribution in [0.15, 0.2) is 59.8 Å². The SMILES string of the molecule is ON=C(C#Cc1ccccc1)c1ccc(C(F)(F)F)cc1. The molecule has 0 saturated heterocycles. The molecule has 0 amide bonds. The highest BCUT2D eigenvalue weighted by molar-refractivity contribution is 6.12. The molecule has 0 aliphatic carbocycles. The van der Waals surface area contributed by atoms with Gasteiger partial charge in [-0.15, -0.1) is 0 Å². The molecule has 0 aliphatic heterocycles. The quantitative estimate of drug-likeness (QED) is 0.367. The van der Waals surface area contributed by atoms with Crippen molar-refractivity contribution < 1.29 is 18.4 Å². The second kappa shape index (κ2) is 6.14. The van der Waals surface area contributed by atoms with E-state index in [1.807, 2.05) is 6.07 Å². The minimum absolute atomic E-state index is 0.00702. The van der Waals surface area contributed by atoms with Gasteiger partial charge in [-0.1, -0.05) is 41.4 Å². The van der Waals surface area contributed by atoms with Crippen molar-refractivity contribution in [1.82, 2.24) is 0 Å². The summed E-state index contributed by atoms with van der Waals surface area (Å²) < 4.78 is 37.4. The van der Waals surface area contributed by atoms with E-state index in [1.165, 1.54) is 12.1 Å². The Bertz CT molecular complexity index is 692. The molecular weight excluding hydrogens is 279 g/mol. The van der Waals surface area contributed by atoms with Gasteiger partial charge in [-0.2, -0.15) is 13.2 Å². The van der Waals surface area contributed by atoms with Gasteiger partial charge >= 0.3 is 6.18 Å². The standard InChI is InChI=1S/C16H10F3NO/c17-16(18,19)14-9-7-13(8-10-14)15(20-21)11-6-12-4-2-1-3-5-12/h1-5,7-10,21H. The molecule has 21 heavy (non-hydrogen) atoms. The molecule has 0 atom stereocenters. The predicted octanol–water partition coefficient (Wildman–Crippen LogP) is 3.94. The largest absolute Gasteiger partial charge is 0.416 e. The maximum Gasteiger partial charge on any atom is 0.416 e. The lowest BCUT2D eigenvalue weighted by Crippen LogP contribution is -2.05. The first kappa shape index (κ1) is 14.7. The molecule has 0 aromatic heterocycles. The van der Waals surface area contributed by atoms with Crippen LogP contribution < -0.4 is 0 Å². The van der Waals surface area contributed by atoms with E-state index in [9.17, 15) is 13.2 Å². The lowest BCUT2D eigenvalue weighted by Gasteiger charge is -2.06. The summed E-state index contributed by atoms with van der Waals surface area (Å²) in [7, 11) is 0. The molecule has 1 N–H and O–H groups in total. The predicted molar refractivity (Wildman–Crippen MR) is 73.1 cm³/mol. The van der Waals surface area contributed by atoms with Gasteiger partial charge in [0.2, 0.25) is 0 Å². The Morgan fingerprint density at radius 1 is 0.952 bits per heavy atom. The molecule has 2 aromatic carbocycles. The summed E-state index contributed by atoms with van der Waals surface area (Å²) in [6, 6.07) is 13.3. The van der Waals surface area contributed by atoms with Crippen molar-refractivity contribution in [2.24, 2.45) is 5.16 Å². The Morgan fingerprint density at radius 2 is 1.57 bits per heavy atom. The summed E-state index contributed by atoms with van der Waals surface area (Å²) in [6.07, 6.45) is -4.40. The average molecular weight is 289 g/mol. The molecule has 0 aliphatic rings. The van der Waals surface area contributed by atoms with Crippen LogP contribution in [0.3, 0.4) is 0 Å². The summed E-state index contributed by atoms with van der Waals surface area (Å²) in [4.78, 5) is 0. The molecule has 0 unspecified atom stereocenters. The summed E-state index contributed by atoms with van der Waals surface area (Å²) in [5, 5.41) is 12.0. The van der Waals surface area contributed by atoms with Crippen LogP contribution in [0, 0.1) is 11.8 Å². The first-order valence-corrected chi connectivity index (χ1v) is 5.97. The molecule has 0 saturated carbocycles. The Labute approximate surface area is 119 Å². The van der Waals surface area contributed by atoms with Gasteiger partial charge in [0.05, 0.1) is 5.56 Å². The van der Waals surface area contributed by atoms with Crippen LogP contribution in [0.4, 0.5) is 13.2 Å². The van der Waals surface area contributed by atoms with Crippen molar-refractivity contribution in [2.45, 2.75) is 6.18 Å². The first-order valence-electron chi connectivity index (χ1n) is 5.97. The summed E-state index contributed by atoms with van der Waals surface area (Å²) in [5.74, 6) is 5.40. The lowest BCUT2D eigenvalue weighted by molar-refractivity contribution is -0.137. The average Bonchev–Trinajstić information content (AvgIpc) is 2.48. The topological polar surface area (TPSA) is 32.6 Å². The number of benzene rings is 2. The van der Waals surface area contributed by atoms with Crippen LogP contribution in [0.1, 0.15) is 16.7 Å². The number of hydrogen-bond acceptors (Lipinski definition) is 2. The number of alkyl halides is 3. The number of oxime groups is 1. The molecule has 2 nitrogen and oxygen atoms in total. The van der Waals surface area contributed by atoms with Crippen molar-refractivity contribution in [2.75, 3.05) is 0 Å². The second-order valence-corrected chi connectivity index (χ2v) is 4.14. The third-order valence-corrected chi connectivity index (χ3v) is 2.68. The van der Waals surface area contributed by atoms with Gasteiger partial charge in [-0.3, -0.25) is 0 Å². The summed E-state index contributed by atoms with van der Waals surface area (Å²) >= 11 is 0. The molecule has 106 valence electrons. The monoisotopic (exact) mass is 289 g/mol. The molecule has 2 aromatic rings. The third kappa shape index (κ3) is 3.86. The zero-order valence-electron chi connectivity index (χ0n) is 10.7. The smallest absolute Gasteiger partial charge is 0.410 e. The van der Waals surface area contributed by atoms with E-state index in [4.69, 9.17) is 5.21 Å². The first-order chi connectivity index (χ1) is 10.0. The fourth-order valence-electron chi connectivity index (χ4n) is 1.62. The molecule has 0 bridgehead atoms. The molecular formula is C16H10F3NO. The number of halogens is 3. The number of hydrogen-bond donors (Lipinski definition) is 1. The van der Waals surface area contributed by atoms with Gasteiger partial charge in [-0.05, 0) is 30.2 Å². The number of nitrogens with zero attached hydrogens (tertiary/aromatic N) is 1. The van der Waals surface area contributed by atoms with Crippen LogP contribution in [-0.2, 0) is 6.18 Å². The van der Waals surface area contributed by atoms with Gasteiger partial charge in [0, 0.05) is 11.1 Å². The summed E-state index contributed by atoms with van der Waals surface area (Å²) in [6.45, 7) is 0. The Morgan fingerprint density at radius 3 is 2.10 bits per heavy atom. The van der Waals surface area contributed by atoms with Crippen molar-refractivity contribution in [3.8, 4) is 11.8 Å². The van der Waals surface area contributed by atoms with Gasteiger partial charge in [0.1, 0.15) is 0 Å². The van der Waals surface area contributed by atoms with E-state index in [2.05, 4.69) is 17.0 Å². The van der Waals surface area contributed by atoms with Gasteiger partial charge < -0.3 is 5.21 Å².